The smallest absolute Gasteiger partial charge is 0.441 e. The van der Waals surface area contributed by atoms with Crippen molar-refractivity contribution in [2.45, 2.75) is 64.1 Å². The van der Waals surface area contributed by atoms with Gasteiger partial charge >= 0.3 is 17.8 Å². The molecule has 26 heavy (non-hydrogen) atoms. The topological polar surface area (TPSA) is 136 Å². The Hall–Kier alpha value is -2.36. The molecule has 1 aliphatic heterocycles. The summed E-state index contributed by atoms with van der Waals surface area (Å²) < 4.78 is 11.3. The number of aromatic nitrogens is 2. The van der Waals surface area contributed by atoms with Gasteiger partial charge in [0.2, 0.25) is 0 Å². The van der Waals surface area contributed by atoms with E-state index in [2.05, 4.69) is 15.8 Å². The number of amides is 1. The summed E-state index contributed by atoms with van der Waals surface area (Å²) in [7, 11) is 0. The molecule has 1 amide bonds. The Morgan fingerprint density at radius 2 is 2.15 bits per heavy atom. The van der Waals surface area contributed by atoms with E-state index in [1.165, 1.54) is 4.57 Å². The first-order valence-electron chi connectivity index (χ1n) is 8.67. The van der Waals surface area contributed by atoms with E-state index in [1.54, 1.807) is 20.8 Å². The van der Waals surface area contributed by atoms with Crippen molar-refractivity contribution < 1.29 is 24.0 Å². The Morgan fingerprint density at radius 3 is 2.81 bits per heavy atom. The molecule has 1 aromatic rings. The number of carbonyl (C=O) groups is 2. The zero-order valence-corrected chi connectivity index (χ0v) is 15.3. The van der Waals surface area contributed by atoms with Gasteiger partial charge in [-0.25, -0.2) is 14.4 Å². The normalized spacial score (nSPS) is 18.5. The van der Waals surface area contributed by atoms with Gasteiger partial charge in [0.25, 0.3) is 0 Å². The van der Waals surface area contributed by atoms with Gasteiger partial charge in [0.15, 0.2) is 5.82 Å². The number of carbonyl (C=O) groups excluding carboxylic acids is 1. The summed E-state index contributed by atoms with van der Waals surface area (Å²) in [6.07, 6.45) is 2.51. The van der Waals surface area contributed by atoms with Gasteiger partial charge in [0.05, 0.1) is 6.04 Å². The second kappa shape index (κ2) is 8.35. The highest BCUT2D eigenvalue weighted by atomic mass is 16.6. The number of nitrogens with one attached hydrogen (secondary N) is 2. The summed E-state index contributed by atoms with van der Waals surface area (Å²) in [6, 6.07) is -1.31. The third kappa shape index (κ3) is 5.58. The van der Waals surface area contributed by atoms with Crippen molar-refractivity contribution in [3.63, 3.8) is 0 Å². The first-order chi connectivity index (χ1) is 12.2. The highest BCUT2D eigenvalue weighted by molar-refractivity contribution is 5.80. The quantitative estimate of drug-likeness (QED) is 0.665. The molecule has 146 valence electrons. The number of aryl methyl sites for hydroxylation is 1. The van der Waals surface area contributed by atoms with E-state index in [1.807, 2.05) is 0 Å². The molecule has 1 aromatic heterocycles. The maximum atomic E-state index is 11.8. The fraction of sp³-hybridized carbons (Fsp3) is 0.750. The Bertz CT molecular complexity index is 690. The van der Waals surface area contributed by atoms with Crippen LogP contribution in [0.15, 0.2) is 9.32 Å². The van der Waals surface area contributed by atoms with Crippen LogP contribution in [0.3, 0.4) is 0 Å². The fourth-order valence-corrected chi connectivity index (χ4v) is 2.84. The fourth-order valence-electron chi connectivity index (χ4n) is 2.84. The van der Waals surface area contributed by atoms with Crippen LogP contribution in [0.1, 0.15) is 51.9 Å². The number of nitrogens with zero attached hydrogens (tertiary/aromatic N) is 2. The highest BCUT2D eigenvalue weighted by Crippen LogP contribution is 2.20. The lowest BCUT2D eigenvalue weighted by Crippen LogP contribution is -2.49. The van der Waals surface area contributed by atoms with E-state index >= 15 is 0 Å². The van der Waals surface area contributed by atoms with E-state index in [0.717, 1.165) is 19.3 Å². The molecule has 0 fully saturated rings. The summed E-state index contributed by atoms with van der Waals surface area (Å²) in [5.41, 5.74) is -0.716. The molecule has 0 bridgehead atoms. The lowest BCUT2D eigenvalue weighted by molar-refractivity contribution is -0.139. The summed E-state index contributed by atoms with van der Waals surface area (Å²) in [6.45, 7) is 5.46. The van der Waals surface area contributed by atoms with Gasteiger partial charge in [-0.05, 0) is 33.6 Å². The second-order valence-electron chi connectivity index (χ2n) is 7.33. The monoisotopic (exact) mass is 370 g/mol. The highest BCUT2D eigenvalue weighted by Gasteiger charge is 2.26. The van der Waals surface area contributed by atoms with Crippen LogP contribution in [-0.2, 0) is 16.0 Å². The molecule has 1 aliphatic rings. The zero-order chi connectivity index (χ0) is 19.3. The summed E-state index contributed by atoms with van der Waals surface area (Å²) in [5, 5.41) is 18.4. The molecule has 2 atom stereocenters. The van der Waals surface area contributed by atoms with Crippen molar-refractivity contribution in [1.29, 1.82) is 0 Å². The van der Waals surface area contributed by atoms with Gasteiger partial charge in [-0.2, -0.15) is 0 Å². The van der Waals surface area contributed by atoms with Gasteiger partial charge in [0, 0.05) is 19.5 Å². The van der Waals surface area contributed by atoms with Crippen LogP contribution in [-0.4, -0.2) is 51.6 Å². The van der Waals surface area contributed by atoms with Crippen LogP contribution in [0.2, 0.25) is 0 Å². The number of fused-ring (bicyclic) bond motifs is 1. The van der Waals surface area contributed by atoms with Crippen LogP contribution in [0.5, 0.6) is 0 Å². The molecule has 0 radical (unpaired) electrons. The van der Waals surface area contributed by atoms with Crippen LogP contribution >= 0.6 is 0 Å². The molecular formula is C16H26N4O6. The van der Waals surface area contributed by atoms with Gasteiger partial charge in [-0.1, -0.05) is 11.6 Å². The molecule has 0 saturated heterocycles. The predicted octanol–water partition coefficient (Wildman–Crippen LogP) is 0.671. The number of hydrogen-bond acceptors (Lipinski definition) is 7. The van der Waals surface area contributed by atoms with Crippen molar-refractivity contribution >= 4 is 12.1 Å². The van der Waals surface area contributed by atoms with Gasteiger partial charge in [-0.3, -0.25) is 9.09 Å². The Labute approximate surface area is 150 Å². The second-order valence-corrected chi connectivity index (χ2v) is 7.33. The van der Waals surface area contributed by atoms with E-state index < -0.39 is 29.5 Å². The minimum absolute atomic E-state index is 0.000437. The molecule has 0 saturated carbocycles. The molecule has 0 aliphatic carbocycles. The molecule has 2 rings (SSSR count). The van der Waals surface area contributed by atoms with E-state index in [-0.39, 0.29) is 12.6 Å². The van der Waals surface area contributed by atoms with Gasteiger partial charge in [-0.15, -0.1) is 0 Å². The number of aliphatic carboxylic acids is 1. The van der Waals surface area contributed by atoms with Crippen LogP contribution in [0.4, 0.5) is 4.79 Å². The number of carboxylic acids is 1. The third-order valence-corrected chi connectivity index (χ3v) is 3.97. The SMILES string of the molecule is CC(C)(C)OC(=O)N[C@H](CNCC1CCCCc2noc(=O)n21)C(=O)O. The molecule has 0 spiro atoms. The first-order valence-corrected chi connectivity index (χ1v) is 8.67. The molecule has 1 unspecified atom stereocenters. The summed E-state index contributed by atoms with van der Waals surface area (Å²) in [4.78, 5) is 35.0. The Morgan fingerprint density at radius 1 is 1.42 bits per heavy atom. The largest absolute Gasteiger partial charge is 0.480 e. The van der Waals surface area contributed by atoms with Crippen molar-refractivity contribution in [2.75, 3.05) is 13.1 Å². The molecule has 10 nitrogen and oxygen atoms in total. The predicted molar refractivity (Wildman–Crippen MR) is 91.0 cm³/mol. The van der Waals surface area contributed by atoms with E-state index in [0.29, 0.717) is 18.8 Å². The minimum Gasteiger partial charge on any atom is -0.480 e. The number of carboxylic acid groups (broad SMARTS) is 1. The molecule has 10 heteroatoms. The van der Waals surface area contributed by atoms with Crippen molar-refractivity contribution in [2.24, 2.45) is 0 Å². The molecule has 3 N–H and O–H groups in total. The van der Waals surface area contributed by atoms with E-state index in [4.69, 9.17) is 9.26 Å². The van der Waals surface area contributed by atoms with Gasteiger partial charge < -0.3 is 20.5 Å². The lowest BCUT2D eigenvalue weighted by Gasteiger charge is -2.23. The van der Waals surface area contributed by atoms with Crippen molar-refractivity contribution in [1.82, 2.24) is 20.4 Å². The Kier molecular flexibility index (Phi) is 6.41. The van der Waals surface area contributed by atoms with Crippen LogP contribution in [0, 0.1) is 0 Å². The van der Waals surface area contributed by atoms with Crippen molar-refractivity contribution in [3.05, 3.63) is 16.4 Å². The maximum absolute atomic E-state index is 11.8. The number of rotatable bonds is 6. The average molecular weight is 370 g/mol. The number of hydrogen-bond donors (Lipinski definition) is 3. The summed E-state index contributed by atoms with van der Waals surface area (Å²) in [5.74, 6) is -1.07. The van der Waals surface area contributed by atoms with E-state index in [9.17, 15) is 19.5 Å². The molecule has 2 heterocycles. The zero-order valence-electron chi connectivity index (χ0n) is 15.3. The number of alkyl carbamates (subject to hydrolysis) is 1. The number of ether oxygens (including phenoxy) is 1. The molecular weight excluding hydrogens is 344 g/mol. The van der Waals surface area contributed by atoms with Crippen LogP contribution < -0.4 is 16.4 Å². The minimum atomic E-state index is -1.17. The Balaban J connectivity index is 1.92. The molecule has 0 aromatic carbocycles. The van der Waals surface area contributed by atoms with Crippen molar-refractivity contribution in [3.8, 4) is 0 Å². The summed E-state index contributed by atoms with van der Waals surface area (Å²) >= 11 is 0. The maximum Gasteiger partial charge on any atom is 0.441 e. The third-order valence-electron chi connectivity index (χ3n) is 3.97. The average Bonchev–Trinajstić information content (AvgIpc) is 2.75. The van der Waals surface area contributed by atoms with Crippen LogP contribution in [0.25, 0.3) is 0 Å². The van der Waals surface area contributed by atoms with Gasteiger partial charge in [0.1, 0.15) is 11.6 Å². The lowest BCUT2D eigenvalue weighted by atomic mass is 10.1. The standard InChI is InChI=1S/C16H26N4O6/c1-16(2,3)25-14(23)18-11(13(21)22)9-17-8-10-6-4-5-7-12-19-26-15(24)20(10)12/h10-11,17H,4-9H2,1-3H3,(H,18,23)(H,21,22)/t10?,11-/m1/s1. The first kappa shape index (κ1) is 20.0.